The quantitative estimate of drug-likeness (QED) is 0.107. The van der Waals surface area contributed by atoms with Gasteiger partial charge in [-0.3, -0.25) is 19.3 Å². The minimum absolute atomic E-state index is 0.0320. The number of phenols is 2. The van der Waals surface area contributed by atoms with Crippen LogP contribution >= 0.6 is 34.4 Å². The molecule has 3 aromatic carbocycles. The van der Waals surface area contributed by atoms with Gasteiger partial charge < -0.3 is 15.5 Å². The number of nitrogens with zero attached hydrogens (tertiary/aromatic N) is 2. The molecule has 43 heavy (non-hydrogen) atoms. The smallest absolute Gasteiger partial charge is 0.285 e. The standard InChI is InChI=1S/C33H28IN3O5S/c1-3-5-16-24(4-2)37-32(42)25(17-23-18-26(34)28(39)19-27(23)38)31(41)36-33(37)43-20-29(40)35-30(21-12-8-6-9-13-21)22-14-10-7-11-15-22/h3-19,30,38-39H,1,20H2,2H3,(H,35,40)/b16-5-,24-4+,25-17+. The van der Waals surface area contributed by atoms with Crippen molar-refractivity contribution in [1.82, 2.24) is 10.2 Å². The summed E-state index contributed by atoms with van der Waals surface area (Å²) in [5, 5.41) is 23.3. The van der Waals surface area contributed by atoms with Gasteiger partial charge >= 0.3 is 0 Å². The van der Waals surface area contributed by atoms with Crippen LogP contribution in [-0.2, 0) is 14.4 Å². The number of allylic oxidation sites excluding steroid dienone is 4. The van der Waals surface area contributed by atoms with E-state index in [1.165, 1.54) is 17.0 Å². The molecular weight excluding hydrogens is 677 g/mol. The highest BCUT2D eigenvalue weighted by Crippen LogP contribution is 2.32. The maximum atomic E-state index is 13.8. The second-order valence-corrected chi connectivity index (χ2v) is 11.3. The molecular formula is C33H28IN3O5S. The van der Waals surface area contributed by atoms with Gasteiger partial charge in [-0.25, -0.2) is 0 Å². The van der Waals surface area contributed by atoms with Crippen molar-refractivity contribution in [3.63, 3.8) is 0 Å². The van der Waals surface area contributed by atoms with E-state index in [9.17, 15) is 24.6 Å². The lowest BCUT2D eigenvalue weighted by Gasteiger charge is -2.28. The fourth-order valence-corrected chi connectivity index (χ4v) is 5.53. The Balaban J connectivity index is 1.64. The van der Waals surface area contributed by atoms with Gasteiger partial charge in [-0.05, 0) is 58.9 Å². The summed E-state index contributed by atoms with van der Waals surface area (Å²) in [5.74, 6) is -2.38. The minimum atomic E-state index is -0.818. The molecule has 10 heteroatoms. The van der Waals surface area contributed by atoms with E-state index in [4.69, 9.17) is 0 Å². The molecule has 3 amide bonds. The fraction of sp³-hybridized carbons (Fsp3) is 0.0909. The van der Waals surface area contributed by atoms with Crippen molar-refractivity contribution in [2.45, 2.75) is 13.0 Å². The van der Waals surface area contributed by atoms with Crippen molar-refractivity contribution in [2.24, 2.45) is 4.99 Å². The lowest BCUT2D eigenvalue weighted by Crippen LogP contribution is -2.42. The number of hydrogen-bond donors (Lipinski definition) is 3. The van der Waals surface area contributed by atoms with Crippen LogP contribution in [0.2, 0.25) is 0 Å². The molecule has 218 valence electrons. The van der Waals surface area contributed by atoms with Gasteiger partial charge in [0.05, 0.1) is 15.4 Å². The van der Waals surface area contributed by atoms with Crippen LogP contribution < -0.4 is 5.32 Å². The molecule has 0 saturated heterocycles. The number of halogens is 1. The van der Waals surface area contributed by atoms with Crippen molar-refractivity contribution in [3.8, 4) is 11.5 Å². The summed E-state index contributed by atoms with van der Waals surface area (Å²) in [6, 6.07) is 21.3. The van der Waals surface area contributed by atoms with Gasteiger partial charge in [0.2, 0.25) is 5.91 Å². The zero-order chi connectivity index (χ0) is 30.9. The van der Waals surface area contributed by atoms with Gasteiger partial charge in [0.25, 0.3) is 11.8 Å². The molecule has 0 spiro atoms. The molecule has 0 unspecified atom stereocenters. The van der Waals surface area contributed by atoms with Gasteiger partial charge in [0.15, 0.2) is 5.17 Å². The van der Waals surface area contributed by atoms with Crippen LogP contribution in [0.15, 0.2) is 120 Å². The molecule has 1 aliphatic heterocycles. The molecule has 0 radical (unpaired) electrons. The maximum Gasteiger partial charge on any atom is 0.285 e. The summed E-state index contributed by atoms with van der Waals surface area (Å²) < 4.78 is 0.424. The van der Waals surface area contributed by atoms with E-state index in [1.807, 2.05) is 83.3 Å². The summed E-state index contributed by atoms with van der Waals surface area (Å²) in [6.45, 7) is 5.40. The van der Waals surface area contributed by atoms with Crippen molar-refractivity contribution in [2.75, 3.05) is 5.75 Å². The predicted octanol–water partition coefficient (Wildman–Crippen LogP) is 6.10. The number of aliphatic imine (C=N–C) groups is 1. The number of carbonyl (C=O) groups excluding carboxylic acids is 3. The number of amidine groups is 1. The van der Waals surface area contributed by atoms with Crippen LogP contribution in [0.1, 0.15) is 29.7 Å². The third-order valence-corrected chi connectivity index (χ3v) is 8.11. The van der Waals surface area contributed by atoms with E-state index < -0.39 is 17.9 Å². The molecule has 0 aliphatic carbocycles. The Morgan fingerprint density at radius 1 is 1.05 bits per heavy atom. The SMILES string of the molecule is C=C/C=C\C(=C/C)N1C(=O)/C(=C/c2cc(I)c(O)cc2O)C(=O)N=C1SCC(=O)NC(c1ccccc1)c1ccccc1. The second-order valence-electron chi connectivity index (χ2n) is 9.18. The normalized spacial score (nSPS) is 14.9. The summed E-state index contributed by atoms with van der Waals surface area (Å²) in [6.07, 6.45) is 7.72. The highest BCUT2D eigenvalue weighted by Gasteiger charge is 2.35. The molecule has 0 saturated carbocycles. The number of rotatable bonds is 9. The van der Waals surface area contributed by atoms with Crippen LogP contribution in [0.4, 0.5) is 0 Å². The first-order valence-corrected chi connectivity index (χ1v) is 15.2. The third-order valence-electron chi connectivity index (χ3n) is 6.31. The first-order chi connectivity index (χ1) is 20.7. The molecule has 3 aromatic rings. The maximum absolute atomic E-state index is 13.8. The zero-order valence-electron chi connectivity index (χ0n) is 23.1. The summed E-state index contributed by atoms with van der Waals surface area (Å²) in [7, 11) is 0. The number of hydrogen-bond acceptors (Lipinski definition) is 6. The molecule has 1 aliphatic rings. The lowest BCUT2D eigenvalue weighted by atomic mass is 9.99. The van der Waals surface area contributed by atoms with Crippen LogP contribution in [-0.4, -0.2) is 43.8 Å². The van der Waals surface area contributed by atoms with Crippen molar-refractivity contribution < 1.29 is 24.6 Å². The number of phenolic OH excluding ortho intramolecular Hbond substituents is 2. The van der Waals surface area contributed by atoms with Crippen LogP contribution in [0.5, 0.6) is 11.5 Å². The highest BCUT2D eigenvalue weighted by atomic mass is 127. The molecule has 0 bridgehead atoms. The van der Waals surface area contributed by atoms with Gasteiger partial charge in [-0.2, -0.15) is 4.99 Å². The second kappa shape index (κ2) is 14.7. The topological polar surface area (TPSA) is 119 Å². The van der Waals surface area contributed by atoms with E-state index in [1.54, 1.807) is 31.2 Å². The number of carbonyl (C=O) groups is 3. The summed E-state index contributed by atoms with van der Waals surface area (Å²) >= 11 is 2.83. The third kappa shape index (κ3) is 7.70. The van der Waals surface area contributed by atoms with Crippen LogP contribution in [0, 0.1) is 3.57 Å². The molecule has 4 rings (SSSR count). The number of amides is 3. The molecule has 1 heterocycles. The van der Waals surface area contributed by atoms with Crippen molar-refractivity contribution >= 4 is 63.3 Å². The van der Waals surface area contributed by atoms with Crippen LogP contribution in [0.3, 0.4) is 0 Å². The average molecular weight is 706 g/mol. The van der Waals surface area contributed by atoms with E-state index >= 15 is 0 Å². The monoisotopic (exact) mass is 705 g/mol. The van der Waals surface area contributed by atoms with E-state index in [-0.39, 0.29) is 39.5 Å². The number of nitrogens with one attached hydrogen (secondary N) is 1. The number of thioether (sulfide) groups is 1. The van der Waals surface area contributed by atoms with E-state index in [0.717, 1.165) is 29.0 Å². The first-order valence-electron chi connectivity index (χ1n) is 13.1. The highest BCUT2D eigenvalue weighted by molar-refractivity contribution is 14.1. The zero-order valence-corrected chi connectivity index (χ0v) is 26.1. The Hall–Kier alpha value is -4.42. The summed E-state index contributed by atoms with van der Waals surface area (Å²) in [4.78, 5) is 45.6. The molecule has 0 aromatic heterocycles. The number of benzene rings is 3. The largest absolute Gasteiger partial charge is 0.507 e. The van der Waals surface area contributed by atoms with Crippen molar-refractivity contribution in [3.05, 3.63) is 135 Å². The average Bonchev–Trinajstić information content (AvgIpc) is 3.01. The fourth-order valence-electron chi connectivity index (χ4n) is 4.23. The molecule has 0 fully saturated rings. The Kier molecular flexibility index (Phi) is 10.7. The Morgan fingerprint density at radius 2 is 1.67 bits per heavy atom. The van der Waals surface area contributed by atoms with E-state index in [2.05, 4.69) is 16.9 Å². The van der Waals surface area contributed by atoms with Gasteiger partial charge in [0.1, 0.15) is 17.1 Å². The summed E-state index contributed by atoms with van der Waals surface area (Å²) in [5.41, 5.74) is 2.10. The van der Waals surface area contributed by atoms with E-state index in [0.29, 0.717) is 9.27 Å². The molecule has 3 N–H and O–H groups in total. The number of aromatic hydroxyl groups is 2. The van der Waals surface area contributed by atoms with Crippen LogP contribution in [0.25, 0.3) is 6.08 Å². The Morgan fingerprint density at radius 3 is 2.26 bits per heavy atom. The van der Waals surface area contributed by atoms with Gasteiger partial charge in [-0.15, -0.1) is 0 Å². The Bertz CT molecular complexity index is 1630. The molecule has 8 nitrogen and oxygen atoms in total. The lowest BCUT2D eigenvalue weighted by molar-refractivity contribution is -0.126. The molecule has 0 atom stereocenters. The minimum Gasteiger partial charge on any atom is -0.507 e. The van der Waals surface area contributed by atoms with Crippen molar-refractivity contribution in [1.29, 1.82) is 0 Å². The first kappa shape index (κ1) is 31.5. The predicted molar refractivity (Wildman–Crippen MR) is 178 cm³/mol. The van der Waals surface area contributed by atoms with Gasteiger partial charge in [0, 0.05) is 17.3 Å². The van der Waals surface area contributed by atoms with Gasteiger partial charge in [-0.1, -0.05) is 97.2 Å². The Labute approximate surface area is 267 Å².